The lowest BCUT2D eigenvalue weighted by Crippen LogP contribution is -2.43. The van der Waals surface area contributed by atoms with Crippen LogP contribution in [0.15, 0.2) is 24.3 Å². The highest BCUT2D eigenvalue weighted by atomic mass is 19.4. The zero-order chi connectivity index (χ0) is 15.6. The number of carbonyl (C=O) groups is 1. The van der Waals surface area contributed by atoms with Crippen LogP contribution in [0.25, 0.3) is 0 Å². The van der Waals surface area contributed by atoms with Gasteiger partial charge in [0.1, 0.15) is 5.82 Å². The fraction of sp³-hybridized carbons (Fsp3) is 0.500. The highest BCUT2D eigenvalue weighted by molar-refractivity contribution is 5.78. The molecule has 1 saturated carbocycles. The topological polar surface area (TPSA) is 32.3 Å². The van der Waals surface area contributed by atoms with Gasteiger partial charge >= 0.3 is 6.18 Å². The molecule has 3 nitrogen and oxygen atoms in total. The molecular formula is C14H16F4N2O. The molecule has 1 N–H and O–H groups in total. The summed E-state index contributed by atoms with van der Waals surface area (Å²) >= 11 is 0. The number of rotatable bonds is 5. The van der Waals surface area contributed by atoms with Gasteiger partial charge in [0.2, 0.25) is 5.91 Å². The molecule has 1 aliphatic carbocycles. The van der Waals surface area contributed by atoms with Gasteiger partial charge in [-0.1, -0.05) is 12.1 Å². The van der Waals surface area contributed by atoms with E-state index in [0.717, 1.165) is 37.1 Å². The Bertz CT molecular complexity index is 497. The van der Waals surface area contributed by atoms with Crippen molar-refractivity contribution in [2.24, 2.45) is 0 Å². The predicted octanol–water partition coefficient (Wildman–Crippen LogP) is 2.64. The third kappa shape index (κ3) is 4.42. The fourth-order valence-electron chi connectivity index (χ4n) is 2.09. The summed E-state index contributed by atoms with van der Waals surface area (Å²) in [4.78, 5) is 13.5. The third-order valence-corrected chi connectivity index (χ3v) is 3.40. The van der Waals surface area contributed by atoms with Gasteiger partial charge < -0.3 is 5.32 Å². The Balaban J connectivity index is 2.05. The molecule has 1 fully saturated rings. The van der Waals surface area contributed by atoms with Crippen LogP contribution in [0.3, 0.4) is 0 Å². The molecule has 0 saturated heterocycles. The summed E-state index contributed by atoms with van der Waals surface area (Å²) in [5.74, 6) is -1.32. The fourth-order valence-corrected chi connectivity index (χ4v) is 2.09. The van der Waals surface area contributed by atoms with Crippen molar-refractivity contribution in [1.82, 2.24) is 10.2 Å². The molecule has 0 aromatic heterocycles. The molecule has 0 heterocycles. The van der Waals surface area contributed by atoms with Gasteiger partial charge in [-0.2, -0.15) is 13.2 Å². The van der Waals surface area contributed by atoms with Gasteiger partial charge in [-0.05, 0) is 37.6 Å². The van der Waals surface area contributed by atoms with E-state index in [0.29, 0.717) is 0 Å². The maximum atomic E-state index is 13.1. The molecule has 0 aliphatic heterocycles. The minimum Gasteiger partial charge on any atom is -0.340 e. The van der Waals surface area contributed by atoms with Gasteiger partial charge in [-0.15, -0.1) is 0 Å². The molecule has 21 heavy (non-hydrogen) atoms. The van der Waals surface area contributed by atoms with E-state index in [-0.39, 0.29) is 18.2 Å². The van der Waals surface area contributed by atoms with Crippen LogP contribution in [0.5, 0.6) is 0 Å². The SMILES string of the molecule is CN(CC(=O)NC(c1ccc(F)cc1)C(F)(F)F)C1CC1. The summed E-state index contributed by atoms with van der Waals surface area (Å²) in [6.45, 7) is -0.0849. The number of nitrogens with zero attached hydrogens (tertiary/aromatic N) is 1. The summed E-state index contributed by atoms with van der Waals surface area (Å²) in [7, 11) is 1.71. The zero-order valence-corrected chi connectivity index (χ0v) is 11.5. The Morgan fingerprint density at radius 2 is 1.90 bits per heavy atom. The summed E-state index contributed by atoms with van der Waals surface area (Å²) in [6.07, 6.45) is -2.71. The summed E-state index contributed by atoms with van der Waals surface area (Å²) in [5, 5.41) is 1.98. The Labute approximate surface area is 119 Å². The van der Waals surface area contributed by atoms with Gasteiger partial charge in [-0.25, -0.2) is 4.39 Å². The van der Waals surface area contributed by atoms with E-state index in [1.54, 1.807) is 11.9 Å². The molecule has 116 valence electrons. The van der Waals surface area contributed by atoms with Crippen molar-refractivity contribution in [3.63, 3.8) is 0 Å². The lowest BCUT2D eigenvalue weighted by molar-refractivity contribution is -0.163. The lowest BCUT2D eigenvalue weighted by atomic mass is 10.1. The van der Waals surface area contributed by atoms with E-state index in [1.165, 1.54) is 0 Å². The first kappa shape index (κ1) is 15.8. The van der Waals surface area contributed by atoms with Crippen molar-refractivity contribution in [2.45, 2.75) is 31.1 Å². The Hall–Kier alpha value is -1.63. The predicted molar refractivity (Wildman–Crippen MR) is 69.0 cm³/mol. The maximum Gasteiger partial charge on any atom is 0.412 e. The summed E-state index contributed by atoms with van der Waals surface area (Å²) < 4.78 is 52.0. The molecule has 7 heteroatoms. The molecule has 0 bridgehead atoms. The largest absolute Gasteiger partial charge is 0.412 e. The van der Waals surface area contributed by atoms with E-state index in [4.69, 9.17) is 0 Å². The van der Waals surface area contributed by atoms with E-state index in [2.05, 4.69) is 0 Å². The van der Waals surface area contributed by atoms with Gasteiger partial charge in [-0.3, -0.25) is 9.69 Å². The van der Waals surface area contributed by atoms with Crippen LogP contribution in [0.4, 0.5) is 17.6 Å². The smallest absolute Gasteiger partial charge is 0.340 e. The van der Waals surface area contributed by atoms with Gasteiger partial charge in [0.05, 0.1) is 6.54 Å². The Morgan fingerprint density at radius 3 is 2.38 bits per heavy atom. The second kappa shape index (κ2) is 6.01. The second-order valence-corrected chi connectivity index (χ2v) is 5.24. The maximum absolute atomic E-state index is 13.1. The average molecular weight is 304 g/mol. The number of carbonyl (C=O) groups excluding carboxylic acids is 1. The zero-order valence-electron chi connectivity index (χ0n) is 11.5. The number of likely N-dealkylation sites (N-methyl/N-ethyl adjacent to an activating group) is 1. The highest BCUT2D eigenvalue weighted by Gasteiger charge is 2.42. The van der Waals surface area contributed by atoms with Gasteiger partial charge in [0.25, 0.3) is 0 Å². The van der Waals surface area contributed by atoms with E-state index in [9.17, 15) is 22.4 Å². The van der Waals surface area contributed by atoms with Crippen LogP contribution >= 0.6 is 0 Å². The van der Waals surface area contributed by atoms with Crippen LogP contribution in [0.1, 0.15) is 24.4 Å². The van der Waals surface area contributed by atoms with Crippen molar-refractivity contribution in [3.8, 4) is 0 Å². The lowest BCUT2D eigenvalue weighted by Gasteiger charge is -2.23. The number of amides is 1. The van der Waals surface area contributed by atoms with Crippen LogP contribution in [-0.4, -0.2) is 36.6 Å². The van der Waals surface area contributed by atoms with Crippen LogP contribution < -0.4 is 5.32 Å². The monoisotopic (exact) mass is 304 g/mol. The minimum absolute atomic E-state index is 0.0849. The quantitative estimate of drug-likeness (QED) is 0.848. The second-order valence-electron chi connectivity index (χ2n) is 5.24. The molecule has 0 radical (unpaired) electrons. The Morgan fingerprint density at radius 1 is 1.33 bits per heavy atom. The molecule has 1 aromatic carbocycles. The van der Waals surface area contributed by atoms with Gasteiger partial charge in [0, 0.05) is 6.04 Å². The van der Waals surface area contributed by atoms with Gasteiger partial charge in [0.15, 0.2) is 6.04 Å². The van der Waals surface area contributed by atoms with E-state index in [1.807, 2.05) is 5.32 Å². The summed E-state index contributed by atoms with van der Waals surface area (Å²) in [6, 6.07) is 2.09. The minimum atomic E-state index is -4.63. The van der Waals surface area contributed by atoms with E-state index >= 15 is 0 Å². The standard InChI is InChI=1S/C14H16F4N2O/c1-20(11-6-7-11)8-12(21)19-13(14(16,17)18)9-2-4-10(15)5-3-9/h2-5,11,13H,6-8H2,1H3,(H,19,21). The number of halogens is 4. The van der Waals surface area contributed by atoms with Crippen LogP contribution in [0.2, 0.25) is 0 Å². The number of hydrogen-bond donors (Lipinski definition) is 1. The van der Waals surface area contributed by atoms with Crippen LogP contribution in [-0.2, 0) is 4.79 Å². The summed E-state index contributed by atoms with van der Waals surface area (Å²) in [5.41, 5.74) is -0.189. The first-order chi connectivity index (χ1) is 9.77. The van der Waals surface area contributed by atoms with Crippen molar-refractivity contribution < 1.29 is 22.4 Å². The van der Waals surface area contributed by atoms with Crippen molar-refractivity contribution >= 4 is 5.91 Å². The molecule has 0 spiro atoms. The molecule has 1 unspecified atom stereocenters. The van der Waals surface area contributed by atoms with Crippen molar-refractivity contribution in [3.05, 3.63) is 35.6 Å². The molecule has 1 aromatic rings. The van der Waals surface area contributed by atoms with Crippen molar-refractivity contribution in [1.29, 1.82) is 0 Å². The number of alkyl halides is 3. The molecule has 1 atom stereocenters. The third-order valence-electron chi connectivity index (χ3n) is 3.40. The highest BCUT2D eigenvalue weighted by Crippen LogP contribution is 2.33. The first-order valence-corrected chi connectivity index (χ1v) is 6.59. The van der Waals surface area contributed by atoms with Crippen LogP contribution in [0, 0.1) is 5.82 Å². The first-order valence-electron chi connectivity index (χ1n) is 6.59. The normalized spacial score (nSPS) is 16.9. The molecule has 1 amide bonds. The number of hydrogen-bond acceptors (Lipinski definition) is 2. The van der Waals surface area contributed by atoms with E-state index < -0.39 is 23.9 Å². The molecule has 1 aliphatic rings. The number of benzene rings is 1. The Kier molecular flexibility index (Phi) is 4.51. The number of nitrogens with one attached hydrogen (secondary N) is 1. The average Bonchev–Trinajstić information content (AvgIpc) is 3.20. The molecule has 2 rings (SSSR count). The van der Waals surface area contributed by atoms with Crippen molar-refractivity contribution in [2.75, 3.05) is 13.6 Å². The molecular weight excluding hydrogens is 288 g/mol.